The third kappa shape index (κ3) is 2.74. The van der Waals surface area contributed by atoms with Crippen LogP contribution in [0.4, 0.5) is 5.69 Å². The number of nitriles is 1. The fraction of sp³-hybridized carbons (Fsp3) is 0.222. The average Bonchev–Trinajstić information content (AvgIpc) is 2.57. The van der Waals surface area contributed by atoms with E-state index in [0.29, 0.717) is 28.1 Å². The van der Waals surface area contributed by atoms with Crippen LogP contribution in [0.5, 0.6) is 5.75 Å². The highest BCUT2D eigenvalue weighted by Gasteiger charge is 2.34. The van der Waals surface area contributed by atoms with Crippen LogP contribution in [-0.2, 0) is 0 Å². The summed E-state index contributed by atoms with van der Waals surface area (Å²) in [6, 6.07) is 7.90. The Labute approximate surface area is 153 Å². The first-order valence-electron chi connectivity index (χ1n) is 7.67. The summed E-state index contributed by atoms with van der Waals surface area (Å²) in [4.78, 5) is 23.2. The van der Waals surface area contributed by atoms with Gasteiger partial charge in [-0.05, 0) is 44.5 Å². The summed E-state index contributed by atoms with van der Waals surface area (Å²) in [6.07, 6.45) is 1.33. The number of rotatable bonds is 2. The van der Waals surface area contributed by atoms with Crippen LogP contribution in [0.1, 0.15) is 31.9 Å². The lowest BCUT2D eigenvalue weighted by molar-refractivity contribution is -0.386. The molecule has 7 nitrogen and oxygen atoms in total. The molecule has 0 atom stereocenters. The topological polar surface area (TPSA) is 98.2 Å². The maximum atomic E-state index is 12.7. The number of fused-ring (bicyclic) bond motifs is 1. The van der Waals surface area contributed by atoms with Crippen molar-refractivity contribution in [1.82, 2.24) is 4.57 Å². The average molecular weight is 372 g/mol. The van der Waals surface area contributed by atoms with E-state index in [1.54, 1.807) is 25.1 Å². The third-order valence-corrected chi connectivity index (χ3v) is 4.60. The van der Waals surface area contributed by atoms with Gasteiger partial charge in [0.15, 0.2) is 0 Å². The fourth-order valence-electron chi connectivity index (χ4n) is 2.85. The molecule has 0 radical (unpaired) electrons. The van der Waals surface area contributed by atoms with Crippen LogP contribution in [0.25, 0.3) is 5.70 Å². The van der Waals surface area contributed by atoms with E-state index < -0.39 is 21.8 Å². The minimum atomic E-state index is -0.806. The van der Waals surface area contributed by atoms with E-state index in [1.807, 2.05) is 19.9 Å². The number of hydrogen-bond acceptors (Lipinski definition) is 5. The SMILES string of the molecule is CC1=C(n2cc(Cl)cc([N+](=O)[O-])c2=O)c2cc(C#N)ccc2OC1(C)C. The van der Waals surface area contributed by atoms with Gasteiger partial charge in [-0.25, -0.2) is 0 Å². The summed E-state index contributed by atoms with van der Waals surface area (Å²) in [6.45, 7) is 5.43. The molecule has 3 rings (SSSR count). The Morgan fingerprint density at radius 3 is 2.65 bits per heavy atom. The van der Waals surface area contributed by atoms with Gasteiger partial charge >= 0.3 is 11.2 Å². The molecule has 0 saturated carbocycles. The molecule has 0 bridgehead atoms. The standard InChI is InChI=1S/C18H14ClN3O4/c1-10-16(21-9-12(19)7-14(17(21)23)22(24)25)13-6-11(8-20)4-5-15(13)26-18(10,2)3/h4-7,9H,1-3H3. The molecule has 0 fully saturated rings. The number of pyridine rings is 1. The van der Waals surface area contributed by atoms with E-state index in [4.69, 9.17) is 16.3 Å². The lowest BCUT2D eigenvalue weighted by atomic mass is 9.90. The first kappa shape index (κ1) is 17.7. The van der Waals surface area contributed by atoms with Crippen molar-refractivity contribution < 1.29 is 9.66 Å². The van der Waals surface area contributed by atoms with Gasteiger partial charge in [0.2, 0.25) is 0 Å². The molecule has 0 aliphatic carbocycles. The molecule has 132 valence electrons. The van der Waals surface area contributed by atoms with Gasteiger partial charge in [-0.3, -0.25) is 19.5 Å². The third-order valence-electron chi connectivity index (χ3n) is 4.39. The number of aromatic nitrogens is 1. The lowest BCUT2D eigenvalue weighted by Gasteiger charge is -2.36. The van der Waals surface area contributed by atoms with Crippen molar-refractivity contribution >= 4 is 23.0 Å². The van der Waals surface area contributed by atoms with Gasteiger partial charge in [0.1, 0.15) is 11.4 Å². The summed E-state index contributed by atoms with van der Waals surface area (Å²) < 4.78 is 7.13. The minimum absolute atomic E-state index is 0.0545. The maximum Gasteiger partial charge on any atom is 0.335 e. The second kappa shape index (κ2) is 6.00. The van der Waals surface area contributed by atoms with Crippen LogP contribution in [-0.4, -0.2) is 15.1 Å². The zero-order valence-corrected chi connectivity index (χ0v) is 15.0. The van der Waals surface area contributed by atoms with Gasteiger partial charge in [0.25, 0.3) is 0 Å². The van der Waals surface area contributed by atoms with E-state index in [-0.39, 0.29) is 5.02 Å². The Hall–Kier alpha value is -3.11. The van der Waals surface area contributed by atoms with Gasteiger partial charge in [-0.2, -0.15) is 5.26 Å². The normalized spacial score (nSPS) is 15.0. The molecule has 0 unspecified atom stereocenters. The summed E-state index contributed by atoms with van der Waals surface area (Å²) in [5.41, 5.74) is -0.212. The fourth-order valence-corrected chi connectivity index (χ4v) is 3.06. The molecule has 2 aromatic rings. The quantitative estimate of drug-likeness (QED) is 0.591. The van der Waals surface area contributed by atoms with Crippen molar-refractivity contribution in [3.8, 4) is 11.8 Å². The predicted octanol–water partition coefficient (Wildman–Crippen LogP) is 3.73. The molecule has 0 N–H and O–H groups in total. The van der Waals surface area contributed by atoms with Crippen LogP contribution >= 0.6 is 11.6 Å². The molecule has 1 aliphatic heterocycles. The van der Waals surface area contributed by atoms with Crippen LogP contribution < -0.4 is 10.3 Å². The minimum Gasteiger partial charge on any atom is -0.483 e. The van der Waals surface area contributed by atoms with Gasteiger partial charge in [-0.1, -0.05) is 11.6 Å². The first-order chi connectivity index (χ1) is 12.2. The molecule has 8 heteroatoms. The molecule has 0 saturated heterocycles. The van der Waals surface area contributed by atoms with Crippen LogP contribution in [0.3, 0.4) is 0 Å². The Balaban J connectivity index is 2.42. The molecule has 1 aromatic carbocycles. The molecule has 1 aliphatic rings. The van der Waals surface area contributed by atoms with Crippen LogP contribution in [0, 0.1) is 21.4 Å². The molecule has 2 heterocycles. The molecular formula is C18H14ClN3O4. The molecule has 1 aromatic heterocycles. The summed E-state index contributed by atoms with van der Waals surface area (Å²) in [5, 5.41) is 20.5. The van der Waals surface area contributed by atoms with Gasteiger partial charge < -0.3 is 4.74 Å². The summed E-state index contributed by atoms with van der Waals surface area (Å²) >= 11 is 6.02. The van der Waals surface area contributed by atoms with Crippen molar-refractivity contribution in [2.75, 3.05) is 0 Å². The number of nitro groups is 1. The van der Waals surface area contributed by atoms with Crippen LogP contribution in [0.2, 0.25) is 5.02 Å². The van der Waals surface area contributed by atoms with Crippen molar-refractivity contribution in [3.05, 3.63) is 72.7 Å². The van der Waals surface area contributed by atoms with E-state index >= 15 is 0 Å². The Bertz CT molecular complexity index is 1080. The second-order valence-electron chi connectivity index (χ2n) is 6.38. The number of hydrogen-bond donors (Lipinski definition) is 0. The summed E-state index contributed by atoms with van der Waals surface area (Å²) in [5.74, 6) is 0.476. The zero-order chi connectivity index (χ0) is 19.2. The van der Waals surface area contributed by atoms with Gasteiger partial charge in [0.05, 0.1) is 27.3 Å². The van der Waals surface area contributed by atoms with Crippen molar-refractivity contribution in [2.45, 2.75) is 26.4 Å². The summed E-state index contributed by atoms with van der Waals surface area (Å²) in [7, 11) is 0. The monoisotopic (exact) mass is 371 g/mol. The number of ether oxygens (including phenoxy) is 1. The highest BCUT2D eigenvalue weighted by molar-refractivity contribution is 6.30. The first-order valence-corrected chi connectivity index (χ1v) is 8.05. The molecular weight excluding hydrogens is 358 g/mol. The van der Waals surface area contributed by atoms with Gasteiger partial charge in [-0.15, -0.1) is 0 Å². The maximum absolute atomic E-state index is 12.7. The Kier molecular flexibility index (Phi) is 4.09. The van der Waals surface area contributed by atoms with Crippen molar-refractivity contribution in [3.63, 3.8) is 0 Å². The van der Waals surface area contributed by atoms with Crippen LogP contribution in [0.15, 0.2) is 40.8 Å². The van der Waals surface area contributed by atoms with E-state index in [1.165, 1.54) is 6.20 Å². The lowest BCUT2D eigenvalue weighted by Crippen LogP contribution is -2.36. The van der Waals surface area contributed by atoms with E-state index in [0.717, 1.165) is 10.6 Å². The Morgan fingerprint density at radius 1 is 1.35 bits per heavy atom. The largest absolute Gasteiger partial charge is 0.483 e. The van der Waals surface area contributed by atoms with Crippen molar-refractivity contribution in [2.24, 2.45) is 0 Å². The van der Waals surface area contributed by atoms with Crippen molar-refractivity contribution in [1.29, 1.82) is 5.26 Å². The smallest absolute Gasteiger partial charge is 0.335 e. The van der Waals surface area contributed by atoms with E-state index in [2.05, 4.69) is 0 Å². The number of benzene rings is 1. The zero-order valence-electron chi connectivity index (χ0n) is 14.2. The second-order valence-corrected chi connectivity index (χ2v) is 6.82. The highest BCUT2D eigenvalue weighted by atomic mass is 35.5. The van der Waals surface area contributed by atoms with Gasteiger partial charge in [0, 0.05) is 17.8 Å². The predicted molar refractivity (Wildman–Crippen MR) is 96.2 cm³/mol. The molecule has 0 spiro atoms. The highest BCUT2D eigenvalue weighted by Crippen LogP contribution is 2.41. The number of nitrogens with zero attached hydrogens (tertiary/aromatic N) is 3. The number of halogens is 1. The molecule has 26 heavy (non-hydrogen) atoms. The Morgan fingerprint density at radius 2 is 2.04 bits per heavy atom. The molecule has 0 amide bonds. The van der Waals surface area contributed by atoms with E-state index in [9.17, 15) is 20.2 Å².